The molecule has 0 spiro atoms. The fourth-order valence-corrected chi connectivity index (χ4v) is 4.78. The van der Waals surface area contributed by atoms with E-state index in [1.165, 1.54) is 0 Å². The van der Waals surface area contributed by atoms with Crippen molar-refractivity contribution in [2.24, 2.45) is 0 Å². The van der Waals surface area contributed by atoms with Crippen molar-refractivity contribution in [1.82, 2.24) is 9.62 Å². The van der Waals surface area contributed by atoms with E-state index in [4.69, 9.17) is 0 Å². The van der Waals surface area contributed by atoms with Gasteiger partial charge in [0.2, 0.25) is 15.9 Å². The lowest BCUT2D eigenvalue weighted by Gasteiger charge is -2.32. The second kappa shape index (κ2) is 8.12. The SMILES string of the molecule is CCCCC(=O)NC1CCN(S(=O)(=O)c2ccc(C)cc2C)CC1. The van der Waals surface area contributed by atoms with Crippen LogP contribution in [0.25, 0.3) is 0 Å². The first kappa shape index (κ1) is 18.9. The molecule has 0 unspecified atom stereocenters. The Morgan fingerprint density at radius 2 is 1.92 bits per heavy atom. The molecule has 1 aromatic rings. The molecule has 2 rings (SSSR count). The Balaban J connectivity index is 1.97. The van der Waals surface area contributed by atoms with E-state index in [-0.39, 0.29) is 11.9 Å². The highest BCUT2D eigenvalue weighted by molar-refractivity contribution is 7.89. The lowest BCUT2D eigenvalue weighted by atomic mass is 10.1. The minimum atomic E-state index is -3.45. The van der Waals surface area contributed by atoms with E-state index in [9.17, 15) is 13.2 Å². The lowest BCUT2D eigenvalue weighted by molar-refractivity contribution is -0.122. The Hall–Kier alpha value is -1.40. The third-order valence-corrected chi connectivity index (χ3v) is 6.58. The summed E-state index contributed by atoms with van der Waals surface area (Å²) in [5, 5.41) is 3.02. The van der Waals surface area contributed by atoms with Crippen molar-refractivity contribution in [2.45, 2.75) is 63.8 Å². The van der Waals surface area contributed by atoms with Crippen LogP contribution in [0.15, 0.2) is 23.1 Å². The highest BCUT2D eigenvalue weighted by Gasteiger charge is 2.30. The van der Waals surface area contributed by atoms with Crippen molar-refractivity contribution in [2.75, 3.05) is 13.1 Å². The average molecular weight is 353 g/mol. The van der Waals surface area contributed by atoms with Crippen LogP contribution < -0.4 is 5.32 Å². The van der Waals surface area contributed by atoms with Gasteiger partial charge in [0.05, 0.1) is 4.90 Å². The number of amides is 1. The highest BCUT2D eigenvalue weighted by Crippen LogP contribution is 2.24. The van der Waals surface area contributed by atoms with Gasteiger partial charge >= 0.3 is 0 Å². The van der Waals surface area contributed by atoms with Crippen molar-refractivity contribution < 1.29 is 13.2 Å². The summed E-state index contributed by atoms with van der Waals surface area (Å²) < 4.78 is 27.2. The largest absolute Gasteiger partial charge is 0.353 e. The van der Waals surface area contributed by atoms with Gasteiger partial charge < -0.3 is 5.32 Å². The molecular formula is C18H28N2O3S. The third-order valence-electron chi connectivity index (χ3n) is 4.52. The summed E-state index contributed by atoms with van der Waals surface area (Å²) in [5.41, 5.74) is 1.84. The molecular weight excluding hydrogens is 324 g/mol. The predicted molar refractivity (Wildman–Crippen MR) is 95.4 cm³/mol. The van der Waals surface area contributed by atoms with Gasteiger partial charge in [0, 0.05) is 25.6 Å². The number of hydrogen-bond acceptors (Lipinski definition) is 3. The van der Waals surface area contributed by atoms with Crippen LogP contribution in [-0.2, 0) is 14.8 Å². The zero-order valence-corrected chi connectivity index (χ0v) is 15.7. The zero-order valence-electron chi connectivity index (χ0n) is 14.8. The zero-order chi connectivity index (χ0) is 17.7. The van der Waals surface area contributed by atoms with Crippen LogP contribution in [0.5, 0.6) is 0 Å². The normalized spacial score (nSPS) is 17.0. The van der Waals surface area contributed by atoms with E-state index in [2.05, 4.69) is 12.2 Å². The number of rotatable bonds is 6. The number of carbonyl (C=O) groups excluding carboxylic acids is 1. The maximum Gasteiger partial charge on any atom is 0.243 e. The molecule has 1 aromatic carbocycles. The molecule has 0 saturated carbocycles. The molecule has 24 heavy (non-hydrogen) atoms. The topological polar surface area (TPSA) is 66.5 Å². The third kappa shape index (κ3) is 4.57. The molecule has 1 aliphatic rings. The number of aryl methyl sites for hydroxylation is 2. The number of nitrogens with zero attached hydrogens (tertiary/aromatic N) is 1. The summed E-state index contributed by atoms with van der Waals surface area (Å²) in [6.45, 7) is 6.75. The Morgan fingerprint density at radius 1 is 1.25 bits per heavy atom. The molecule has 1 fully saturated rings. The lowest BCUT2D eigenvalue weighted by Crippen LogP contribution is -2.46. The Kier molecular flexibility index (Phi) is 6.40. The molecule has 1 aliphatic heterocycles. The minimum absolute atomic E-state index is 0.0764. The summed E-state index contributed by atoms with van der Waals surface area (Å²) >= 11 is 0. The minimum Gasteiger partial charge on any atom is -0.353 e. The predicted octanol–water partition coefficient (Wildman–Crippen LogP) is 2.76. The van der Waals surface area contributed by atoms with Crippen LogP contribution in [0.4, 0.5) is 0 Å². The van der Waals surface area contributed by atoms with Crippen molar-refractivity contribution in [1.29, 1.82) is 0 Å². The second-order valence-electron chi connectivity index (χ2n) is 6.62. The number of sulfonamides is 1. The molecule has 1 N–H and O–H groups in total. The quantitative estimate of drug-likeness (QED) is 0.856. The van der Waals surface area contributed by atoms with Crippen molar-refractivity contribution in [3.8, 4) is 0 Å². The van der Waals surface area contributed by atoms with Gasteiger partial charge in [0.15, 0.2) is 0 Å². The van der Waals surface area contributed by atoms with Crippen molar-refractivity contribution in [3.05, 3.63) is 29.3 Å². The molecule has 134 valence electrons. The second-order valence-corrected chi connectivity index (χ2v) is 8.52. The molecule has 0 bridgehead atoms. The monoisotopic (exact) mass is 352 g/mol. The fourth-order valence-electron chi connectivity index (χ4n) is 3.11. The molecule has 0 aliphatic carbocycles. The summed E-state index contributed by atoms with van der Waals surface area (Å²) in [7, 11) is -3.45. The molecule has 1 heterocycles. The Labute approximate surface area is 145 Å². The molecule has 0 radical (unpaired) electrons. The van der Waals surface area contributed by atoms with Crippen molar-refractivity contribution >= 4 is 15.9 Å². The van der Waals surface area contributed by atoms with Crippen LogP contribution in [0, 0.1) is 13.8 Å². The van der Waals surface area contributed by atoms with Gasteiger partial charge in [-0.3, -0.25) is 4.79 Å². The first-order chi connectivity index (χ1) is 11.3. The maximum absolute atomic E-state index is 12.8. The Bertz CT molecular complexity index is 678. The van der Waals surface area contributed by atoms with Gasteiger partial charge in [-0.05, 0) is 44.7 Å². The number of benzene rings is 1. The first-order valence-corrected chi connectivity index (χ1v) is 10.2. The van der Waals surface area contributed by atoms with E-state index in [0.29, 0.717) is 37.2 Å². The molecule has 5 nitrogen and oxygen atoms in total. The van der Waals surface area contributed by atoms with Crippen LogP contribution in [0.2, 0.25) is 0 Å². The molecule has 0 aromatic heterocycles. The standard InChI is InChI=1S/C18H28N2O3S/c1-4-5-6-18(21)19-16-9-11-20(12-10-16)24(22,23)17-8-7-14(2)13-15(17)3/h7-8,13,16H,4-6,9-12H2,1-3H3,(H,19,21). The first-order valence-electron chi connectivity index (χ1n) is 8.71. The molecule has 1 saturated heterocycles. The van der Waals surface area contributed by atoms with Crippen LogP contribution in [0.3, 0.4) is 0 Å². The van der Waals surface area contributed by atoms with Gasteiger partial charge in [0.25, 0.3) is 0 Å². The highest BCUT2D eigenvalue weighted by atomic mass is 32.2. The molecule has 0 atom stereocenters. The van der Waals surface area contributed by atoms with E-state index < -0.39 is 10.0 Å². The van der Waals surface area contributed by atoms with E-state index >= 15 is 0 Å². The van der Waals surface area contributed by atoms with E-state index in [1.807, 2.05) is 26.0 Å². The fraction of sp³-hybridized carbons (Fsp3) is 0.611. The van der Waals surface area contributed by atoms with Gasteiger partial charge in [0.1, 0.15) is 0 Å². The molecule has 6 heteroatoms. The number of nitrogens with one attached hydrogen (secondary N) is 1. The number of piperidine rings is 1. The summed E-state index contributed by atoms with van der Waals surface area (Å²) in [4.78, 5) is 12.2. The van der Waals surface area contributed by atoms with E-state index in [0.717, 1.165) is 24.0 Å². The van der Waals surface area contributed by atoms with Crippen LogP contribution in [-0.4, -0.2) is 37.8 Å². The average Bonchev–Trinajstić information content (AvgIpc) is 2.53. The smallest absolute Gasteiger partial charge is 0.243 e. The maximum atomic E-state index is 12.8. The van der Waals surface area contributed by atoms with E-state index in [1.54, 1.807) is 10.4 Å². The van der Waals surface area contributed by atoms with Crippen molar-refractivity contribution in [3.63, 3.8) is 0 Å². The molecule has 1 amide bonds. The van der Waals surface area contributed by atoms with Crippen LogP contribution >= 0.6 is 0 Å². The number of unbranched alkanes of at least 4 members (excludes halogenated alkanes) is 1. The van der Waals surface area contributed by atoms with Crippen LogP contribution in [0.1, 0.15) is 50.2 Å². The van der Waals surface area contributed by atoms with Gasteiger partial charge in [-0.15, -0.1) is 0 Å². The number of hydrogen-bond donors (Lipinski definition) is 1. The Morgan fingerprint density at radius 3 is 2.50 bits per heavy atom. The number of carbonyl (C=O) groups is 1. The summed E-state index contributed by atoms with van der Waals surface area (Å²) in [6, 6.07) is 5.51. The van der Waals surface area contributed by atoms with Gasteiger partial charge in [-0.1, -0.05) is 31.0 Å². The van der Waals surface area contributed by atoms with Gasteiger partial charge in [-0.2, -0.15) is 4.31 Å². The summed E-state index contributed by atoms with van der Waals surface area (Å²) in [5.74, 6) is 0.0764. The summed E-state index contributed by atoms with van der Waals surface area (Å²) in [6.07, 6.45) is 3.79. The van der Waals surface area contributed by atoms with Gasteiger partial charge in [-0.25, -0.2) is 8.42 Å².